The summed E-state index contributed by atoms with van der Waals surface area (Å²) < 4.78 is 42.4. The summed E-state index contributed by atoms with van der Waals surface area (Å²) in [4.78, 5) is 29.8. The lowest BCUT2D eigenvalue weighted by Crippen LogP contribution is -2.16. The van der Waals surface area contributed by atoms with E-state index in [0.717, 1.165) is 6.92 Å². The molecule has 3 N–H and O–H groups in total. The lowest BCUT2D eigenvalue weighted by molar-refractivity contribution is 0.0753. The van der Waals surface area contributed by atoms with Crippen LogP contribution >= 0.6 is 7.82 Å². The molecule has 1 aromatic heterocycles. The van der Waals surface area contributed by atoms with Crippen LogP contribution in [-0.4, -0.2) is 30.7 Å². The lowest BCUT2D eigenvalue weighted by Gasteiger charge is -2.11. The number of carbonyl (C=O) groups excluding carboxylic acids is 1. The first kappa shape index (κ1) is 18.1. The molecule has 12 heteroatoms. The van der Waals surface area contributed by atoms with Gasteiger partial charge in [0.1, 0.15) is 5.82 Å². The number of aryl methyl sites for hydroxylation is 1. The minimum Gasteiger partial charge on any atom is -0.318 e. The molecular formula is C12H13F2N4O5P. The number of rotatable bonds is 5. The van der Waals surface area contributed by atoms with Gasteiger partial charge in [0.25, 0.3) is 11.9 Å². The number of amides is 1. The number of anilines is 1. The zero-order valence-corrected chi connectivity index (χ0v) is 13.4. The van der Waals surface area contributed by atoms with Crippen LogP contribution in [0.3, 0.4) is 0 Å². The summed E-state index contributed by atoms with van der Waals surface area (Å²) in [5.74, 6) is -3.10. The molecule has 130 valence electrons. The molecule has 0 aliphatic carbocycles. The molecule has 1 aromatic carbocycles. The fourth-order valence-corrected chi connectivity index (χ4v) is 2.23. The summed E-state index contributed by atoms with van der Waals surface area (Å²) in [5, 5.41) is 8.81. The SMILES string of the molecule is Cc1ccc(NC(=O)c2nn(C(C)OP(=O)(O)O)nc2F)c(F)c1. The van der Waals surface area contributed by atoms with Crippen LogP contribution < -0.4 is 5.32 Å². The summed E-state index contributed by atoms with van der Waals surface area (Å²) in [5.41, 5.74) is -0.332. The molecule has 1 amide bonds. The molecule has 24 heavy (non-hydrogen) atoms. The van der Waals surface area contributed by atoms with Crippen molar-refractivity contribution in [2.75, 3.05) is 5.32 Å². The minimum absolute atomic E-state index is 0.181. The van der Waals surface area contributed by atoms with Crippen molar-refractivity contribution in [3.8, 4) is 0 Å². The molecule has 1 atom stereocenters. The van der Waals surface area contributed by atoms with Gasteiger partial charge in [0.2, 0.25) is 5.69 Å². The van der Waals surface area contributed by atoms with Gasteiger partial charge in [-0.05, 0) is 31.5 Å². The largest absolute Gasteiger partial charge is 0.471 e. The van der Waals surface area contributed by atoms with E-state index in [2.05, 4.69) is 20.0 Å². The fourth-order valence-electron chi connectivity index (χ4n) is 1.75. The highest BCUT2D eigenvalue weighted by molar-refractivity contribution is 7.46. The number of aromatic nitrogens is 3. The van der Waals surface area contributed by atoms with Crippen molar-refractivity contribution in [2.24, 2.45) is 0 Å². The Kier molecular flexibility index (Phi) is 5.09. The number of nitrogens with one attached hydrogen (secondary N) is 1. The van der Waals surface area contributed by atoms with Crippen LogP contribution in [-0.2, 0) is 9.09 Å². The molecular weight excluding hydrogens is 349 g/mol. The maximum Gasteiger partial charge on any atom is 0.471 e. The molecule has 0 radical (unpaired) electrons. The number of phosphoric ester groups is 1. The van der Waals surface area contributed by atoms with Crippen LogP contribution in [0, 0.1) is 18.7 Å². The van der Waals surface area contributed by atoms with E-state index in [1.165, 1.54) is 12.1 Å². The van der Waals surface area contributed by atoms with Gasteiger partial charge in [-0.25, -0.2) is 8.96 Å². The zero-order valence-electron chi connectivity index (χ0n) is 12.5. The van der Waals surface area contributed by atoms with Gasteiger partial charge < -0.3 is 15.1 Å². The summed E-state index contributed by atoms with van der Waals surface area (Å²) in [6.07, 6.45) is -1.43. The highest BCUT2D eigenvalue weighted by Crippen LogP contribution is 2.40. The van der Waals surface area contributed by atoms with Crippen molar-refractivity contribution in [3.63, 3.8) is 0 Å². The molecule has 0 fully saturated rings. The van der Waals surface area contributed by atoms with Crippen LogP contribution in [0.5, 0.6) is 0 Å². The van der Waals surface area contributed by atoms with E-state index in [1.54, 1.807) is 13.0 Å². The first-order valence-electron chi connectivity index (χ1n) is 6.50. The van der Waals surface area contributed by atoms with Gasteiger partial charge in [-0.15, -0.1) is 10.2 Å². The Bertz CT molecular complexity index is 822. The van der Waals surface area contributed by atoms with Crippen molar-refractivity contribution in [3.05, 3.63) is 41.2 Å². The normalized spacial score (nSPS) is 12.9. The Morgan fingerprint density at radius 1 is 1.38 bits per heavy atom. The smallest absolute Gasteiger partial charge is 0.318 e. The van der Waals surface area contributed by atoms with Crippen molar-refractivity contribution >= 4 is 19.4 Å². The van der Waals surface area contributed by atoms with Gasteiger partial charge in [0.15, 0.2) is 6.23 Å². The van der Waals surface area contributed by atoms with Crippen LogP contribution in [0.1, 0.15) is 29.2 Å². The average molecular weight is 362 g/mol. The fraction of sp³-hybridized carbons (Fsp3) is 0.250. The number of phosphoric acid groups is 1. The number of nitrogens with zero attached hydrogens (tertiary/aromatic N) is 3. The standard InChI is InChI=1S/C12H13F2N4O5P/c1-6-3-4-9(8(13)5-6)15-12(19)10-11(14)17-18(16-10)7(2)23-24(20,21)22/h3-5,7H,1-2H3,(H,15,19)(H2,20,21,22). The van der Waals surface area contributed by atoms with Gasteiger partial charge in [-0.3, -0.25) is 9.32 Å². The molecule has 0 aliphatic rings. The predicted octanol–water partition coefficient (Wildman–Crippen LogP) is 1.74. The molecule has 2 aromatic rings. The molecule has 0 aliphatic heterocycles. The maximum absolute atomic E-state index is 13.7. The average Bonchev–Trinajstić information content (AvgIpc) is 2.82. The Morgan fingerprint density at radius 3 is 2.62 bits per heavy atom. The van der Waals surface area contributed by atoms with Gasteiger partial charge >= 0.3 is 7.82 Å². The molecule has 2 rings (SSSR count). The third-order valence-electron chi connectivity index (χ3n) is 2.79. The third kappa shape index (κ3) is 4.42. The van der Waals surface area contributed by atoms with E-state index in [4.69, 9.17) is 9.79 Å². The minimum atomic E-state index is -4.86. The summed E-state index contributed by atoms with van der Waals surface area (Å²) >= 11 is 0. The number of hydrogen-bond acceptors (Lipinski definition) is 5. The monoisotopic (exact) mass is 362 g/mol. The summed E-state index contributed by atoms with van der Waals surface area (Å²) in [6, 6.07) is 4.02. The quantitative estimate of drug-likeness (QED) is 0.692. The number of carbonyl (C=O) groups is 1. The Hall–Kier alpha value is -2.20. The van der Waals surface area contributed by atoms with Gasteiger partial charge in [0.05, 0.1) is 5.69 Å². The van der Waals surface area contributed by atoms with E-state index in [9.17, 15) is 18.1 Å². The van der Waals surface area contributed by atoms with Gasteiger partial charge in [-0.1, -0.05) is 6.07 Å². The van der Waals surface area contributed by atoms with Gasteiger partial charge in [0, 0.05) is 0 Å². The van der Waals surface area contributed by atoms with E-state index in [0.29, 0.717) is 10.4 Å². The third-order valence-corrected chi connectivity index (χ3v) is 3.37. The van der Waals surface area contributed by atoms with Crippen LogP contribution in [0.2, 0.25) is 0 Å². The molecule has 0 saturated carbocycles. The second-order valence-corrected chi connectivity index (χ2v) is 5.98. The molecule has 0 spiro atoms. The second-order valence-electron chi connectivity index (χ2n) is 4.79. The van der Waals surface area contributed by atoms with E-state index in [-0.39, 0.29) is 5.69 Å². The molecule has 0 bridgehead atoms. The van der Waals surface area contributed by atoms with E-state index in [1.807, 2.05) is 0 Å². The number of halogens is 2. The predicted molar refractivity (Wildman–Crippen MR) is 76.9 cm³/mol. The lowest BCUT2D eigenvalue weighted by atomic mass is 10.2. The van der Waals surface area contributed by atoms with E-state index < -0.39 is 37.4 Å². The molecule has 0 saturated heterocycles. The highest BCUT2D eigenvalue weighted by Gasteiger charge is 2.26. The van der Waals surface area contributed by atoms with Crippen LogP contribution in [0.4, 0.5) is 14.5 Å². The summed E-state index contributed by atoms with van der Waals surface area (Å²) in [6.45, 7) is 2.79. The van der Waals surface area contributed by atoms with E-state index >= 15 is 0 Å². The topological polar surface area (TPSA) is 127 Å². The number of hydrogen-bond donors (Lipinski definition) is 3. The molecule has 9 nitrogen and oxygen atoms in total. The number of benzene rings is 1. The van der Waals surface area contributed by atoms with Crippen molar-refractivity contribution in [2.45, 2.75) is 20.1 Å². The Labute approximate surface area is 134 Å². The van der Waals surface area contributed by atoms with Gasteiger partial charge in [-0.2, -0.15) is 9.19 Å². The van der Waals surface area contributed by atoms with Crippen LogP contribution in [0.25, 0.3) is 0 Å². The Morgan fingerprint density at radius 2 is 2.04 bits per heavy atom. The highest BCUT2D eigenvalue weighted by atomic mass is 31.2. The first-order valence-corrected chi connectivity index (χ1v) is 8.03. The first-order chi connectivity index (χ1) is 11.1. The van der Waals surface area contributed by atoms with Crippen LogP contribution in [0.15, 0.2) is 18.2 Å². The van der Waals surface area contributed by atoms with Crippen molar-refractivity contribution in [1.82, 2.24) is 15.0 Å². The maximum atomic E-state index is 13.7. The Balaban J connectivity index is 2.20. The van der Waals surface area contributed by atoms with Crippen molar-refractivity contribution in [1.29, 1.82) is 0 Å². The summed E-state index contributed by atoms with van der Waals surface area (Å²) in [7, 11) is -4.86. The van der Waals surface area contributed by atoms with Crippen molar-refractivity contribution < 1.29 is 32.5 Å². The molecule has 1 unspecified atom stereocenters. The molecule has 1 heterocycles. The second kappa shape index (κ2) is 6.73. The zero-order chi connectivity index (χ0) is 18.1.